The number of carbonyl (C=O) groups excluding carboxylic acids is 3. The number of imidazole rings is 2. The molecule has 3 aromatic heterocycles. The molecule has 0 saturated carbocycles. The summed E-state index contributed by atoms with van der Waals surface area (Å²) in [6.45, 7) is 5.14. The Morgan fingerprint density at radius 1 is 0.833 bits per heavy atom. The number of thioether (sulfide) groups is 1. The van der Waals surface area contributed by atoms with Gasteiger partial charge in [0.05, 0.1) is 35.1 Å². The lowest BCUT2D eigenvalue weighted by atomic mass is 9.98. The second kappa shape index (κ2) is 19.5. The number of aryl methyl sites for hydroxylation is 2. The molecule has 9 rings (SSSR count). The number of benzene rings is 5. The lowest BCUT2D eigenvalue weighted by molar-refractivity contribution is -0.118. The molecule has 0 aliphatic carbocycles. The quantitative estimate of drug-likeness (QED) is 0.0694. The number of aromatic amines is 1. The smallest absolute Gasteiger partial charge is 0.356 e. The Labute approximate surface area is 384 Å². The fourth-order valence-electron chi connectivity index (χ4n) is 7.86. The molecular weight excluding hydrogens is 857 g/mol. The first-order valence-electron chi connectivity index (χ1n) is 21.6. The van der Waals surface area contributed by atoms with E-state index in [1.54, 1.807) is 6.92 Å². The minimum absolute atomic E-state index is 0.242. The van der Waals surface area contributed by atoms with Gasteiger partial charge in [-0.2, -0.15) is 0 Å². The Hall–Kier alpha value is -7.79. The number of hydrogen-bond acceptors (Lipinski definition) is 13. The molecule has 0 spiro atoms. The van der Waals surface area contributed by atoms with Crippen LogP contribution in [0.25, 0.3) is 33.5 Å². The molecule has 0 bridgehead atoms. The Balaban J connectivity index is 0.844. The zero-order valence-corrected chi connectivity index (χ0v) is 37.3. The number of hydrogen-bond donors (Lipinski definition) is 3. The summed E-state index contributed by atoms with van der Waals surface area (Å²) in [5.41, 5.74) is 8.44. The number of carbonyl (C=O) groups is 3. The average molecular weight is 903 g/mol. The van der Waals surface area contributed by atoms with Crippen LogP contribution < -0.4 is 20.1 Å². The standard InChI is InChI=1S/C49H46N10O6S/c1-4-8-43-52-40(45(48(61)63-5-2)59(43)28-31-11-15-32(16-12-31)37-9-6-7-10-38(37)46-54-56-57-55-46)27-50-33-17-21-35(22-18-33)65-36-23-24-39-41(26-36)58(3)44(51-39)29-64-34-19-13-30(14-20-34)25-42-47(60)53-49(62)66-42/h6-7,9-24,26,42,50H,4-5,8,25,27-29H2,1-3H3,(H,53,60,62)(H,54,55,56,57). The van der Waals surface area contributed by atoms with Crippen LogP contribution in [0.1, 0.15) is 59.2 Å². The molecule has 0 radical (unpaired) electrons. The third-order valence-corrected chi connectivity index (χ3v) is 12.2. The minimum Gasteiger partial charge on any atom is -0.486 e. The fraction of sp³-hybridized carbons (Fsp3) is 0.224. The number of ether oxygens (including phenoxy) is 3. The monoisotopic (exact) mass is 902 g/mol. The SMILES string of the molecule is CCCc1nc(CNc2ccc(Oc3ccc4nc(COc5ccc(CC6SC(=O)NC6=O)cc5)n(C)c4c3)cc2)c(C(=O)OCC)n1Cc1ccc(-c2ccccc2-c2nnn[nH]2)cc1. The number of tetrazole rings is 1. The zero-order valence-electron chi connectivity index (χ0n) is 36.5. The molecule has 1 aliphatic heterocycles. The van der Waals surface area contributed by atoms with E-state index in [0.717, 1.165) is 74.4 Å². The normalized spacial score (nSPS) is 13.5. The zero-order chi connectivity index (χ0) is 45.6. The van der Waals surface area contributed by atoms with Crippen LogP contribution in [0.15, 0.2) is 115 Å². The largest absolute Gasteiger partial charge is 0.486 e. The van der Waals surface area contributed by atoms with Gasteiger partial charge in [0.1, 0.15) is 35.5 Å². The molecule has 8 aromatic rings. The molecule has 2 amide bonds. The highest BCUT2D eigenvalue weighted by atomic mass is 32.2. The van der Waals surface area contributed by atoms with E-state index in [2.05, 4.69) is 62.4 Å². The van der Waals surface area contributed by atoms with Crippen LogP contribution in [0.4, 0.5) is 10.5 Å². The van der Waals surface area contributed by atoms with E-state index in [-0.39, 0.29) is 24.4 Å². The maximum atomic E-state index is 13.6. The summed E-state index contributed by atoms with van der Waals surface area (Å²) in [7, 11) is 1.94. The van der Waals surface area contributed by atoms with E-state index in [1.165, 1.54) is 0 Å². The number of H-pyrrole nitrogens is 1. The molecule has 5 aromatic carbocycles. The van der Waals surface area contributed by atoms with Crippen LogP contribution in [-0.4, -0.2) is 68.7 Å². The predicted molar refractivity (Wildman–Crippen MR) is 250 cm³/mol. The van der Waals surface area contributed by atoms with Crippen molar-refractivity contribution in [2.75, 3.05) is 11.9 Å². The highest BCUT2D eigenvalue weighted by Crippen LogP contribution is 2.32. The Kier molecular flexibility index (Phi) is 12.9. The molecule has 66 heavy (non-hydrogen) atoms. The highest BCUT2D eigenvalue weighted by Gasteiger charge is 2.31. The number of esters is 1. The molecule has 334 valence electrons. The minimum atomic E-state index is -0.416. The van der Waals surface area contributed by atoms with Gasteiger partial charge in [-0.05, 0) is 101 Å². The van der Waals surface area contributed by atoms with Crippen molar-refractivity contribution in [2.45, 2.75) is 58.1 Å². The summed E-state index contributed by atoms with van der Waals surface area (Å²) < 4.78 is 21.9. The van der Waals surface area contributed by atoms with Gasteiger partial charge in [0.15, 0.2) is 11.5 Å². The maximum absolute atomic E-state index is 13.6. The van der Waals surface area contributed by atoms with Crippen molar-refractivity contribution in [2.24, 2.45) is 7.05 Å². The van der Waals surface area contributed by atoms with Gasteiger partial charge in [-0.1, -0.05) is 79.3 Å². The van der Waals surface area contributed by atoms with Gasteiger partial charge < -0.3 is 28.7 Å². The highest BCUT2D eigenvalue weighted by molar-refractivity contribution is 8.15. The summed E-state index contributed by atoms with van der Waals surface area (Å²) >= 11 is 1.02. The number of nitrogens with one attached hydrogen (secondary N) is 3. The number of rotatable bonds is 18. The van der Waals surface area contributed by atoms with Crippen LogP contribution >= 0.6 is 11.8 Å². The second-order valence-electron chi connectivity index (χ2n) is 15.6. The molecule has 16 nitrogen and oxygen atoms in total. The molecule has 1 unspecified atom stereocenters. The number of amides is 2. The van der Waals surface area contributed by atoms with Gasteiger partial charge in [-0.3, -0.25) is 14.9 Å². The van der Waals surface area contributed by atoms with Gasteiger partial charge in [0, 0.05) is 37.3 Å². The van der Waals surface area contributed by atoms with Crippen molar-refractivity contribution in [3.63, 3.8) is 0 Å². The number of imide groups is 1. The van der Waals surface area contributed by atoms with E-state index >= 15 is 0 Å². The van der Waals surface area contributed by atoms with E-state index in [1.807, 2.05) is 107 Å². The Morgan fingerprint density at radius 2 is 1.58 bits per heavy atom. The van der Waals surface area contributed by atoms with Gasteiger partial charge in [0.2, 0.25) is 5.91 Å². The van der Waals surface area contributed by atoms with Crippen LogP contribution in [-0.2, 0) is 49.1 Å². The predicted octanol–water partition coefficient (Wildman–Crippen LogP) is 8.67. The first-order chi connectivity index (χ1) is 32.2. The number of nitrogens with zero attached hydrogens (tertiary/aromatic N) is 7. The Morgan fingerprint density at radius 3 is 2.29 bits per heavy atom. The summed E-state index contributed by atoms with van der Waals surface area (Å²) in [5, 5.41) is 19.5. The summed E-state index contributed by atoms with van der Waals surface area (Å²) in [4.78, 5) is 46.8. The molecule has 3 N–H and O–H groups in total. The third-order valence-electron chi connectivity index (χ3n) is 11.2. The van der Waals surface area contributed by atoms with Crippen molar-refractivity contribution in [3.8, 4) is 39.8 Å². The fourth-order valence-corrected chi connectivity index (χ4v) is 8.72. The van der Waals surface area contributed by atoms with Crippen molar-refractivity contribution >= 4 is 45.6 Å². The topological polar surface area (TPSA) is 193 Å². The van der Waals surface area contributed by atoms with Crippen LogP contribution in [0.3, 0.4) is 0 Å². The number of fused-ring (bicyclic) bond motifs is 1. The summed E-state index contributed by atoms with van der Waals surface area (Å²) in [6.07, 6.45) is 2.01. The van der Waals surface area contributed by atoms with E-state index < -0.39 is 11.2 Å². The first kappa shape index (κ1) is 43.5. The lowest BCUT2D eigenvalue weighted by Gasteiger charge is -2.14. The van der Waals surface area contributed by atoms with Crippen molar-refractivity contribution < 1.29 is 28.6 Å². The van der Waals surface area contributed by atoms with Crippen molar-refractivity contribution in [1.82, 2.24) is 45.0 Å². The first-order valence-corrected chi connectivity index (χ1v) is 22.5. The third kappa shape index (κ3) is 9.66. The average Bonchev–Trinajstić information content (AvgIpc) is 4.13. The summed E-state index contributed by atoms with van der Waals surface area (Å²) in [5.74, 6) is 3.46. The maximum Gasteiger partial charge on any atom is 0.356 e. The molecule has 17 heteroatoms. The van der Waals surface area contributed by atoms with Gasteiger partial charge in [-0.15, -0.1) is 5.10 Å². The van der Waals surface area contributed by atoms with Crippen molar-refractivity contribution in [3.05, 3.63) is 149 Å². The van der Waals surface area contributed by atoms with E-state index in [9.17, 15) is 14.4 Å². The van der Waals surface area contributed by atoms with E-state index in [4.69, 9.17) is 24.2 Å². The van der Waals surface area contributed by atoms with Crippen LogP contribution in [0, 0.1) is 0 Å². The van der Waals surface area contributed by atoms with Crippen LogP contribution in [0.2, 0.25) is 0 Å². The van der Waals surface area contributed by atoms with Crippen LogP contribution in [0.5, 0.6) is 17.2 Å². The summed E-state index contributed by atoms with van der Waals surface area (Å²) in [6, 6.07) is 37.1. The second-order valence-corrected chi connectivity index (χ2v) is 16.8. The molecule has 1 atom stereocenters. The van der Waals surface area contributed by atoms with E-state index in [0.29, 0.717) is 60.4 Å². The number of aromatic nitrogens is 8. The van der Waals surface area contributed by atoms with Gasteiger partial charge in [0.25, 0.3) is 5.24 Å². The van der Waals surface area contributed by atoms with Crippen molar-refractivity contribution in [1.29, 1.82) is 0 Å². The molecule has 1 aliphatic rings. The molecule has 1 fully saturated rings. The molecular formula is C49H46N10O6S. The number of anilines is 1. The van der Waals surface area contributed by atoms with Gasteiger partial charge in [-0.25, -0.2) is 19.9 Å². The molecule has 4 heterocycles. The lowest BCUT2D eigenvalue weighted by Crippen LogP contribution is -2.25. The molecule has 1 saturated heterocycles. The Bertz CT molecular complexity index is 3000. The van der Waals surface area contributed by atoms with Gasteiger partial charge >= 0.3 is 5.97 Å².